The summed E-state index contributed by atoms with van der Waals surface area (Å²) < 4.78 is 11.2. The number of hydrogen-bond donors (Lipinski definition) is 1. The Hall–Kier alpha value is -0.620. The molecule has 0 saturated carbocycles. The third kappa shape index (κ3) is 1.20. The number of aliphatic carboxylic acids is 1. The van der Waals surface area contributed by atoms with Crippen molar-refractivity contribution in [2.75, 3.05) is 5.88 Å². The van der Waals surface area contributed by atoms with Crippen molar-refractivity contribution in [3.63, 3.8) is 0 Å². The van der Waals surface area contributed by atoms with Crippen LogP contribution in [0.15, 0.2) is 0 Å². The summed E-state index contributed by atoms with van der Waals surface area (Å²) in [6.45, 7) is 3.22. The number of amides is 1. The second kappa shape index (κ2) is 3.43. The average Bonchev–Trinajstić information content (AvgIpc) is 2.36. The van der Waals surface area contributed by atoms with Gasteiger partial charge in [-0.1, -0.05) is 0 Å². The van der Waals surface area contributed by atoms with Gasteiger partial charge >= 0.3 is 5.97 Å². The van der Waals surface area contributed by atoms with Gasteiger partial charge in [-0.2, -0.15) is 0 Å². The lowest BCUT2D eigenvalue weighted by Gasteiger charge is -2.42. The molecule has 0 aromatic rings. The first kappa shape index (κ1) is 11.9. The van der Waals surface area contributed by atoms with Crippen LogP contribution in [0.25, 0.3) is 0 Å². The number of halogens is 1. The summed E-state index contributed by atoms with van der Waals surface area (Å²) in [5.74, 6) is -1.81. The zero-order valence-corrected chi connectivity index (χ0v) is 10.4. The molecule has 0 bridgehead atoms. The number of carbonyl (C=O) groups excluding carboxylic acids is 1. The third-order valence-electron chi connectivity index (χ3n) is 3.26. The molecule has 90 valence electrons. The molecule has 1 N–H and O–H groups in total. The molecule has 2 saturated heterocycles. The monoisotopic (exact) mass is 265 g/mol. The molecule has 4 atom stereocenters. The van der Waals surface area contributed by atoms with Gasteiger partial charge in [0, 0.05) is 5.88 Å². The number of alkyl halides is 1. The molecule has 0 radical (unpaired) electrons. The van der Waals surface area contributed by atoms with Crippen LogP contribution in [0.1, 0.15) is 13.8 Å². The Bertz CT molecular complexity index is 397. The average molecular weight is 266 g/mol. The molecule has 2 aliphatic heterocycles. The normalized spacial score (nSPS) is 40.4. The van der Waals surface area contributed by atoms with Crippen LogP contribution in [-0.2, 0) is 20.4 Å². The van der Waals surface area contributed by atoms with Crippen LogP contribution in [0.2, 0.25) is 0 Å². The second-order valence-corrected chi connectivity index (χ2v) is 6.98. The van der Waals surface area contributed by atoms with Crippen molar-refractivity contribution in [2.24, 2.45) is 5.92 Å². The van der Waals surface area contributed by atoms with Gasteiger partial charge < -0.3 is 10.0 Å². The molecular weight excluding hydrogens is 254 g/mol. The fraction of sp³-hybridized carbons (Fsp3) is 0.778. The number of nitrogens with zero attached hydrogens (tertiary/aromatic N) is 1. The maximum atomic E-state index is 12.1. The number of fused-ring (bicyclic) bond motifs is 1. The first-order chi connectivity index (χ1) is 7.34. The predicted octanol–water partition coefficient (Wildman–Crippen LogP) is 0.00380. The number of rotatable bonds is 2. The summed E-state index contributed by atoms with van der Waals surface area (Å²) in [4.78, 5) is 24.0. The standard InChI is InChI=1S/C9H12ClNO4S/c1-9(2)5(8(13)14)11-6(12)4(3-10)7(11)16(9)15/h4-5,7H,3H2,1-2H3,(H,13,14)/t4-,5+,7-,16?/m1/s1. The van der Waals surface area contributed by atoms with Gasteiger partial charge in [0.25, 0.3) is 0 Å². The molecule has 0 aliphatic carbocycles. The summed E-state index contributed by atoms with van der Waals surface area (Å²) in [6.07, 6.45) is 0. The van der Waals surface area contributed by atoms with Crippen LogP contribution in [-0.4, -0.2) is 48.1 Å². The van der Waals surface area contributed by atoms with Crippen molar-refractivity contribution in [1.29, 1.82) is 0 Å². The summed E-state index contributed by atoms with van der Waals surface area (Å²) in [5.41, 5.74) is 0. The van der Waals surface area contributed by atoms with Crippen LogP contribution < -0.4 is 0 Å². The molecule has 2 heterocycles. The van der Waals surface area contributed by atoms with E-state index < -0.39 is 38.8 Å². The molecule has 7 heteroatoms. The third-order valence-corrected chi connectivity index (χ3v) is 5.85. The van der Waals surface area contributed by atoms with Crippen LogP contribution in [0, 0.1) is 5.92 Å². The number of β-lactam (4-membered cyclic amide) rings is 1. The summed E-state index contributed by atoms with van der Waals surface area (Å²) in [5, 5.41) is 8.58. The topological polar surface area (TPSA) is 74.7 Å². The minimum Gasteiger partial charge on any atom is -0.480 e. The highest BCUT2D eigenvalue weighted by Crippen LogP contribution is 2.46. The van der Waals surface area contributed by atoms with Crippen LogP contribution in [0.5, 0.6) is 0 Å². The van der Waals surface area contributed by atoms with E-state index in [9.17, 15) is 13.8 Å². The zero-order valence-electron chi connectivity index (χ0n) is 8.84. The van der Waals surface area contributed by atoms with Crippen molar-refractivity contribution in [1.82, 2.24) is 4.90 Å². The van der Waals surface area contributed by atoms with Crippen LogP contribution in [0.4, 0.5) is 0 Å². The molecule has 2 aliphatic rings. The van der Waals surface area contributed by atoms with E-state index in [2.05, 4.69) is 0 Å². The van der Waals surface area contributed by atoms with E-state index in [1.165, 1.54) is 4.90 Å². The SMILES string of the molecule is CC1(C)[C@H](C(=O)O)N2C(=O)[C@@H](CCl)[C@H]2S1=O. The van der Waals surface area contributed by atoms with Gasteiger partial charge in [0.05, 0.1) is 21.5 Å². The van der Waals surface area contributed by atoms with Gasteiger partial charge in [0.15, 0.2) is 0 Å². The van der Waals surface area contributed by atoms with Gasteiger partial charge in [-0.05, 0) is 13.8 Å². The Morgan fingerprint density at radius 2 is 2.19 bits per heavy atom. The van der Waals surface area contributed by atoms with E-state index in [0.29, 0.717) is 0 Å². The highest BCUT2D eigenvalue weighted by molar-refractivity contribution is 7.87. The van der Waals surface area contributed by atoms with E-state index in [1.54, 1.807) is 13.8 Å². The van der Waals surface area contributed by atoms with E-state index in [1.807, 2.05) is 0 Å². The largest absolute Gasteiger partial charge is 0.480 e. The van der Waals surface area contributed by atoms with Crippen LogP contribution in [0.3, 0.4) is 0 Å². The quantitative estimate of drug-likeness (QED) is 0.564. The van der Waals surface area contributed by atoms with Gasteiger partial charge in [-0.25, -0.2) is 4.79 Å². The number of carboxylic acid groups (broad SMARTS) is 1. The molecule has 1 unspecified atom stereocenters. The fourth-order valence-corrected chi connectivity index (χ4v) is 4.80. The van der Waals surface area contributed by atoms with Crippen molar-refractivity contribution in [2.45, 2.75) is 30.0 Å². The van der Waals surface area contributed by atoms with E-state index in [0.717, 1.165) is 0 Å². The minimum atomic E-state index is -1.38. The molecule has 16 heavy (non-hydrogen) atoms. The Labute approximate surface area is 100 Å². The second-order valence-electron chi connectivity index (χ2n) is 4.54. The molecular formula is C9H12ClNO4S. The predicted molar refractivity (Wildman–Crippen MR) is 58.5 cm³/mol. The molecule has 2 rings (SSSR count). The van der Waals surface area contributed by atoms with E-state index in [4.69, 9.17) is 16.7 Å². The molecule has 5 nitrogen and oxygen atoms in total. The van der Waals surface area contributed by atoms with Gasteiger partial charge in [0.2, 0.25) is 5.91 Å². The first-order valence-electron chi connectivity index (χ1n) is 4.85. The Balaban J connectivity index is 2.41. The number of carbonyl (C=O) groups is 2. The Morgan fingerprint density at radius 1 is 1.62 bits per heavy atom. The van der Waals surface area contributed by atoms with Crippen LogP contribution >= 0.6 is 11.6 Å². The lowest BCUT2D eigenvalue weighted by atomic mass is 9.93. The highest BCUT2D eigenvalue weighted by atomic mass is 35.5. The van der Waals surface area contributed by atoms with Gasteiger partial charge in [0.1, 0.15) is 11.4 Å². The summed E-state index contributed by atoms with van der Waals surface area (Å²) in [7, 11) is -1.38. The van der Waals surface area contributed by atoms with E-state index in [-0.39, 0.29) is 11.8 Å². The van der Waals surface area contributed by atoms with Crippen molar-refractivity contribution < 1.29 is 18.9 Å². The Kier molecular flexibility index (Phi) is 2.54. The molecule has 0 aromatic heterocycles. The van der Waals surface area contributed by atoms with Crippen molar-refractivity contribution >= 4 is 34.3 Å². The smallest absolute Gasteiger partial charge is 0.327 e. The fourth-order valence-electron chi connectivity index (χ4n) is 2.39. The van der Waals surface area contributed by atoms with Crippen molar-refractivity contribution in [3.05, 3.63) is 0 Å². The summed E-state index contributed by atoms with van der Waals surface area (Å²) >= 11 is 5.62. The molecule has 0 spiro atoms. The van der Waals surface area contributed by atoms with Gasteiger partial charge in [-0.3, -0.25) is 9.00 Å². The maximum Gasteiger partial charge on any atom is 0.327 e. The van der Waals surface area contributed by atoms with E-state index >= 15 is 0 Å². The lowest BCUT2D eigenvalue weighted by Crippen LogP contribution is -2.63. The molecule has 1 amide bonds. The number of carboxylic acids is 1. The van der Waals surface area contributed by atoms with Crippen molar-refractivity contribution in [3.8, 4) is 0 Å². The molecule has 0 aromatic carbocycles. The molecule has 2 fully saturated rings. The number of hydrogen-bond acceptors (Lipinski definition) is 3. The first-order valence-corrected chi connectivity index (χ1v) is 6.60. The highest BCUT2D eigenvalue weighted by Gasteiger charge is 2.67. The maximum absolute atomic E-state index is 12.1. The van der Waals surface area contributed by atoms with Gasteiger partial charge in [-0.15, -0.1) is 11.6 Å². The summed E-state index contributed by atoms with van der Waals surface area (Å²) in [6, 6.07) is -1.01. The zero-order chi connectivity index (χ0) is 12.2. The Morgan fingerprint density at radius 3 is 2.62 bits per heavy atom. The minimum absolute atomic E-state index is 0.0914. The lowest BCUT2D eigenvalue weighted by molar-refractivity contribution is -0.162.